The molecule has 4 rings (SSSR count). The molecule has 0 aliphatic carbocycles. The van der Waals surface area contributed by atoms with Crippen molar-refractivity contribution in [3.8, 4) is 11.5 Å². The molecule has 0 amide bonds. The Morgan fingerprint density at radius 3 is 2.72 bits per heavy atom. The van der Waals surface area contributed by atoms with Crippen LogP contribution in [-0.4, -0.2) is 18.2 Å². The maximum Gasteiger partial charge on any atom is 0.163 e. The summed E-state index contributed by atoms with van der Waals surface area (Å²) < 4.78 is 11.3. The van der Waals surface area contributed by atoms with Crippen LogP contribution in [0.2, 0.25) is 0 Å². The molecule has 0 N–H and O–H groups in total. The molecule has 0 fully saturated rings. The van der Waals surface area contributed by atoms with Crippen LogP contribution in [-0.2, 0) is 0 Å². The molecule has 2 aliphatic heterocycles. The zero-order valence-corrected chi connectivity index (χ0v) is 10.4. The van der Waals surface area contributed by atoms with Crippen LogP contribution in [0.4, 0.5) is 0 Å². The molecule has 4 nitrogen and oxygen atoms in total. The van der Waals surface area contributed by atoms with Crippen molar-refractivity contribution in [1.82, 2.24) is 4.98 Å². The third-order valence-electron chi connectivity index (χ3n) is 3.02. The molecule has 0 saturated heterocycles. The van der Waals surface area contributed by atoms with Crippen molar-refractivity contribution in [2.75, 3.05) is 13.2 Å². The lowest BCUT2D eigenvalue weighted by Crippen LogP contribution is -2.35. The number of hydrogen-bond donors (Lipinski definition) is 0. The topological polar surface area (TPSA) is 43.7 Å². The zero-order chi connectivity index (χ0) is 11.9. The Morgan fingerprint density at radius 1 is 1.11 bits per heavy atom. The van der Waals surface area contributed by atoms with Gasteiger partial charge in [0.1, 0.15) is 0 Å². The molecule has 3 heterocycles. The maximum absolute atomic E-state index is 5.69. The van der Waals surface area contributed by atoms with Gasteiger partial charge in [0.15, 0.2) is 11.5 Å². The quantitative estimate of drug-likeness (QED) is 0.769. The first kappa shape index (κ1) is 10.1. The summed E-state index contributed by atoms with van der Waals surface area (Å²) in [6, 6.07) is 3.98. The van der Waals surface area contributed by atoms with Gasteiger partial charge in [0.2, 0.25) is 0 Å². The highest BCUT2D eigenvalue weighted by molar-refractivity contribution is 7.10. The summed E-state index contributed by atoms with van der Waals surface area (Å²) in [5.41, 5.74) is 2.82. The molecule has 90 valence electrons. The molecule has 0 radical (unpaired) electrons. The Morgan fingerprint density at radius 2 is 1.94 bits per heavy atom. The number of hydrogen-bond acceptors (Lipinski definition) is 5. The van der Waals surface area contributed by atoms with E-state index >= 15 is 0 Å². The van der Waals surface area contributed by atoms with E-state index in [1.165, 1.54) is 0 Å². The Kier molecular flexibility index (Phi) is 2.14. The van der Waals surface area contributed by atoms with Gasteiger partial charge in [-0.15, -0.1) is 11.3 Å². The van der Waals surface area contributed by atoms with Gasteiger partial charge in [-0.3, -0.25) is 4.98 Å². The maximum atomic E-state index is 5.69. The fourth-order valence-electron chi connectivity index (χ4n) is 2.13. The summed E-state index contributed by atoms with van der Waals surface area (Å²) in [4.78, 5) is 9.69. The normalized spacial score (nSPS) is 16.3. The van der Waals surface area contributed by atoms with E-state index in [-0.39, 0.29) is 0 Å². The zero-order valence-electron chi connectivity index (χ0n) is 9.55. The Balaban J connectivity index is 1.89. The van der Waals surface area contributed by atoms with Gasteiger partial charge < -0.3 is 9.47 Å². The monoisotopic (exact) mass is 258 g/mol. The SMILES string of the molecule is c1ncc(C2=c3cc4c(cc3=N2)OCCCO4)s1. The highest BCUT2D eigenvalue weighted by atomic mass is 32.1. The van der Waals surface area contributed by atoms with E-state index in [1.54, 1.807) is 11.3 Å². The molecular weight excluding hydrogens is 248 g/mol. The lowest BCUT2D eigenvalue weighted by molar-refractivity contribution is 0.297. The van der Waals surface area contributed by atoms with Gasteiger partial charge in [0.05, 0.1) is 34.7 Å². The first-order valence-corrected chi connectivity index (χ1v) is 6.71. The van der Waals surface area contributed by atoms with Crippen molar-refractivity contribution < 1.29 is 9.47 Å². The van der Waals surface area contributed by atoms with Crippen molar-refractivity contribution in [2.24, 2.45) is 4.99 Å². The minimum atomic E-state index is 0.706. The second-order valence-electron chi connectivity index (χ2n) is 4.19. The summed E-state index contributed by atoms with van der Waals surface area (Å²) >= 11 is 1.60. The first-order valence-electron chi connectivity index (χ1n) is 5.83. The van der Waals surface area contributed by atoms with Crippen molar-refractivity contribution in [3.05, 3.63) is 39.3 Å². The van der Waals surface area contributed by atoms with Gasteiger partial charge in [0.25, 0.3) is 0 Å². The molecule has 18 heavy (non-hydrogen) atoms. The number of rotatable bonds is 1. The molecule has 1 aromatic heterocycles. The van der Waals surface area contributed by atoms with E-state index in [0.29, 0.717) is 13.2 Å². The van der Waals surface area contributed by atoms with E-state index in [0.717, 1.165) is 39.1 Å². The number of thiazole rings is 1. The largest absolute Gasteiger partial charge is 0.490 e. The molecule has 0 spiro atoms. The van der Waals surface area contributed by atoms with Crippen LogP contribution in [0.5, 0.6) is 11.5 Å². The van der Waals surface area contributed by atoms with Gasteiger partial charge in [-0.1, -0.05) is 0 Å². The third kappa shape index (κ3) is 1.44. The minimum absolute atomic E-state index is 0.706. The molecule has 0 unspecified atom stereocenters. The van der Waals surface area contributed by atoms with E-state index in [1.807, 2.05) is 23.8 Å². The molecule has 0 atom stereocenters. The van der Waals surface area contributed by atoms with Crippen molar-refractivity contribution in [1.29, 1.82) is 0 Å². The van der Waals surface area contributed by atoms with Crippen LogP contribution < -0.4 is 20.0 Å². The van der Waals surface area contributed by atoms with E-state index < -0.39 is 0 Å². The summed E-state index contributed by atoms with van der Waals surface area (Å²) in [6.07, 6.45) is 2.76. The highest BCUT2D eigenvalue weighted by Gasteiger charge is 2.17. The van der Waals surface area contributed by atoms with Crippen LogP contribution >= 0.6 is 11.3 Å². The molecule has 5 heteroatoms. The minimum Gasteiger partial charge on any atom is -0.490 e. The van der Waals surface area contributed by atoms with Gasteiger partial charge in [-0.25, -0.2) is 4.99 Å². The van der Waals surface area contributed by atoms with Crippen LogP contribution in [0.25, 0.3) is 5.70 Å². The third-order valence-corrected chi connectivity index (χ3v) is 3.80. The molecule has 2 aliphatic rings. The van der Waals surface area contributed by atoms with E-state index in [2.05, 4.69) is 9.98 Å². The highest BCUT2D eigenvalue weighted by Crippen LogP contribution is 2.28. The first-order chi connectivity index (χ1) is 8.92. The predicted molar refractivity (Wildman–Crippen MR) is 67.5 cm³/mol. The predicted octanol–water partition coefficient (Wildman–Crippen LogP) is 1.09. The Bertz CT molecular complexity index is 722. The molecule has 1 aromatic carbocycles. The summed E-state index contributed by atoms with van der Waals surface area (Å²) in [5, 5.41) is 2.10. The number of fused-ring (bicyclic) bond motifs is 2. The fraction of sp³-hybridized carbons (Fsp3) is 0.231. The fourth-order valence-corrected chi connectivity index (χ4v) is 2.75. The lowest BCUT2D eigenvalue weighted by Gasteiger charge is -2.12. The average molecular weight is 258 g/mol. The number of nitrogens with zero attached hydrogens (tertiary/aromatic N) is 2. The van der Waals surface area contributed by atoms with Gasteiger partial charge in [-0.2, -0.15) is 0 Å². The summed E-state index contributed by atoms with van der Waals surface area (Å²) in [6.45, 7) is 1.41. The molecular formula is C13H10N2O2S. The van der Waals surface area contributed by atoms with Crippen LogP contribution in [0.1, 0.15) is 11.3 Å². The van der Waals surface area contributed by atoms with Crippen LogP contribution in [0.3, 0.4) is 0 Å². The second kappa shape index (κ2) is 3.81. The summed E-state index contributed by atoms with van der Waals surface area (Å²) in [7, 11) is 0. The van der Waals surface area contributed by atoms with Crippen LogP contribution in [0, 0.1) is 0 Å². The van der Waals surface area contributed by atoms with Crippen molar-refractivity contribution in [2.45, 2.75) is 6.42 Å². The second-order valence-corrected chi connectivity index (χ2v) is 5.08. The van der Waals surface area contributed by atoms with E-state index in [9.17, 15) is 0 Å². The summed E-state index contributed by atoms with van der Waals surface area (Å²) in [5.74, 6) is 1.63. The molecule has 0 saturated carbocycles. The van der Waals surface area contributed by atoms with E-state index in [4.69, 9.17) is 9.47 Å². The number of benzene rings is 1. The lowest BCUT2D eigenvalue weighted by atomic mass is 10.1. The van der Waals surface area contributed by atoms with Gasteiger partial charge >= 0.3 is 0 Å². The smallest absolute Gasteiger partial charge is 0.163 e. The molecule has 2 aromatic rings. The Labute approximate surface area is 107 Å². The Hall–Kier alpha value is -1.88. The van der Waals surface area contributed by atoms with Crippen molar-refractivity contribution >= 4 is 17.0 Å². The number of ether oxygens (including phenoxy) is 2. The van der Waals surface area contributed by atoms with Gasteiger partial charge in [0, 0.05) is 23.9 Å². The van der Waals surface area contributed by atoms with Crippen LogP contribution in [0.15, 0.2) is 28.8 Å². The van der Waals surface area contributed by atoms with Crippen molar-refractivity contribution in [3.63, 3.8) is 0 Å². The number of aromatic nitrogens is 1. The standard InChI is InChI=1S/C13H10N2O2S/c1-2-16-10-4-8-9(5-11(10)17-3-1)15-13(8)12-6-14-7-18-12/h4-7H,1-3H2. The van der Waals surface area contributed by atoms with Gasteiger partial charge in [-0.05, 0) is 6.07 Å². The average Bonchev–Trinajstić information content (AvgIpc) is 2.77. The molecule has 0 bridgehead atoms.